The number of nitrogens with zero attached hydrogens (tertiary/aromatic N) is 4. The van der Waals surface area contributed by atoms with Gasteiger partial charge in [-0.25, -0.2) is 4.98 Å². The summed E-state index contributed by atoms with van der Waals surface area (Å²) in [7, 11) is 1.68. The average Bonchev–Trinajstić information content (AvgIpc) is 3.14. The number of methoxy groups -OCH3 is 1. The van der Waals surface area contributed by atoms with E-state index in [1.54, 1.807) is 11.6 Å². The van der Waals surface area contributed by atoms with E-state index in [2.05, 4.69) is 27.1 Å². The Labute approximate surface area is 150 Å². The molecule has 1 aromatic carbocycles. The quantitative estimate of drug-likeness (QED) is 0.774. The molecule has 132 valence electrons. The Morgan fingerprint density at radius 3 is 2.76 bits per heavy atom. The van der Waals surface area contributed by atoms with E-state index in [1.807, 2.05) is 19.1 Å². The van der Waals surface area contributed by atoms with Crippen LogP contribution in [-0.4, -0.2) is 44.8 Å². The van der Waals surface area contributed by atoms with Crippen molar-refractivity contribution in [3.63, 3.8) is 0 Å². The van der Waals surface area contributed by atoms with E-state index < -0.39 is 0 Å². The number of ether oxygens (including phenoxy) is 1. The Morgan fingerprint density at radius 2 is 2.04 bits per heavy atom. The van der Waals surface area contributed by atoms with E-state index in [0.717, 1.165) is 34.2 Å². The number of aromatic hydroxyl groups is 1. The molecule has 0 amide bonds. The fourth-order valence-electron chi connectivity index (χ4n) is 3.54. The van der Waals surface area contributed by atoms with Crippen molar-refractivity contribution >= 4 is 16.3 Å². The Bertz CT molecular complexity index is 882. The summed E-state index contributed by atoms with van der Waals surface area (Å²) in [6.45, 7) is 3.88. The number of aromatic nitrogens is 3. The molecular formula is C18H22N4O2S. The normalized spacial score (nSPS) is 17.0. The van der Waals surface area contributed by atoms with E-state index in [9.17, 15) is 5.11 Å². The molecule has 3 heterocycles. The highest BCUT2D eigenvalue weighted by Gasteiger charge is 2.30. The molecule has 7 heteroatoms. The molecule has 6 nitrogen and oxygen atoms in total. The van der Waals surface area contributed by atoms with Crippen molar-refractivity contribution in [1.29, 1.82) is 0 Å². The monoisotopic (exact) mass is 358 g/mol. The zero-order valence-corrected chi connectivity index (χ0v) is 15.3. The molecule has 1 N–H and O–H groups in total. The first-order chi connectivity index (χ1) is 12.2. The summed E-state index contributed by atoms with van der Waals surface area (Å²) in [6.07, 6.45) is 3.63. The van der Waals surface area contributed by atoms with Gasteiger partial charge in [0.05, 0.1) is 18.0 Å². The number of fused-ring (bicyclic) bond motifs is 1. The lowest BCUT2D eigenvalue weighted by Gasteiger charge is -2.34. The largest absolute Gasteiger partial charge is 0.497 e. The van der Waals surface area contributed by atoms with E-state index in [4.69, 9.17) is 4.74 Å². The summed E-state index contributed by atoms with van der Waals surface area (Å²) < 4.78 is 6.96. The van der Waals surface area contributed by atoms with Gasteiger partial charge in [-0.3, -0.25) is 4.90 Å². The summed E-state index contributed by atoms with van der Waals surface area (Å²) >= 11 is 1.51. The van der Waals surface area contributed by atoms with Crippen molar-refractivity contribution < 1.29 is 9.84 Å². The molecule has 0 aliphatic carbocycles. The highest BCUT2D eigenvalue weighted by Crippen LogP contribution is 2.41. The van der Waals surface area contributed by atoms with Crippen LogP contribution in [-0.2, 0) is 0 Å². The summed E-state index contributed by atoms with van der Waals surface area (Å²) in [5.41, 5.74) is 1.12. The first kappa shape index (κ1) is 16.4. The summed E-state index contributed by atoms with van der Waals surface area (Å²) in [5, 5.41) is 15.1. The fraction of sp³-hybridized carbons (Fsp3) is 0.444. The van der Waals surface area contributed by atoms with E-state index in [1.165, 1.54) is 30.6 Å². The lowest BCUT2D eigenvalue weighted by molar-refractivity contribution is 0.186. The van der Waals surface area contributed by atoms with Gasteiger partial charge in [-0.2, -0.15) is 4.52 Å². The van der Waals surface area contributed by atoms with Gasteiger partial charge in [0, 0.05) is 0 Å². The number of hydrogen-bond acceptors (Lipinski definition) is 6. The molecule has 1 aliphatic rings. The third-order valence-electron chi connectivity index (χ3n) is 4.72. The van der Waals surface area contributed by atoms with Crippen molar-refractivity contribution in [3.8, 4) is 11.6 Å². The maximum atomic E-state index is 10.8. The second-order valence-electron chi connectivity index (χ2n) is 6.42. The third kappa shape index (κ3) is 2.98. The van der Waals surface area contributed by atoms with Gasteiger partial charge in [-0.05, 0) is 50.6 Å². The minimum atomic E-state index is -0.00999. The predicted molar refractivity (Wildman–Crippen MR) is 97.5 cm³/mol. The molecule has 1 aliphatic heterocycles. The van der Waals surface area contributed by atoms with Gasteiger partial charge in [-0.15, -0.1) is 5.10 Å². The van der Waals surface area contributed by atoms with Gasteiger partial charge < -0.3 is 9.84 Å². The van der Waals surface area contributed by atoms with Crippen LogP contribution in [0.25, 0.3) is 4.96 Å². The Hall–Kier alpha value is -2.12. The molecule has 25 heavy (non-hydrogen) atoms. The minimum absolute atomic E-state index is 0.00999. The molecule has 0 bridgehead atoms. The van der Waals surface area contributed by atoms with Crippen LogP contribution in [0, 0.1) is 6.92 Å². The number of likely N-dealkylation sites (tertiary alicyclic amines) is 1. The standard InChI is InChI=1S/C18H22N4O2S/c1-12-19-18-22(20-12)17(23)16(25-18)15(21-9-4-3-5-10-21)13-7-6-8-14(11-13)24-2/h6-8,11,15,23H,3-5,9-10H2,1-2H3/t15-/m1/s1. The third-order valence-corrected chi connectivity index (χ3v) is 5.79. The molecule has 0 spiro atoms. The Morgan fingerprint density at radius 1 is 1.24 bits per heavy atom. The Kier molecular flexibility index (Phi) is 4.35. The molecule has 1 saturated heterocycles. The van der Waals surface area contributed by atoms with E-state index >= 15 is 0 Å². The average molecular weight is 358 g/mol. The van der Waals surface area contributed by atoms with Gasteiger partial charge in [-0.1, -0.05) is 29.9 Å². The minimum Gasteiger partial charge on any atom is -0.497 e. The van der Waals surface area contributed by atoms with Crippen molar-refractivity contribution in [3.05, 3.63) is 40.5 Å². The zero-order valence-electron chi connectivity index (χ0n) is 14.5. The smallest absolute Gasteiger partial charge is 0.230 e. The molecule has 0 radical (unpaired) electrons. The van der Waals surface area contributed by atoms with Crippen LogP contribution in [0.1, 0.15) is 41.6 Å². The summed E-state index contributed by atoms with van der Waals surface area (Å²) in [5.74, 6) is 1.69. The van der Waals surface area contributed by atoms with Crippen molar-refractivity contribution in [2.75, 3.05) is 20.2 Å². The van der Waals surface area contributed by atoms with Gasteiger partial charge in [0.25, 0.3) is 0 Å². The number of piperidine rings is 1. The first-order valence-electron chi connectivity index (χ1n) is 8.60. The van der Waals surface area contributed by atoms with Crippen LogP contribution < -0.4 is 4.74 Å². The highest BCUT2D eigenvalue weighted by molar-refractivity contribution is 7.17. The molecule has 2 aromatic heterocycles. The van der Waals surface area contributed by atoms with Gasteiger partial charge in [0.15, 0.2) is 0 Å². The molecule has 0 saturated carbocycles. The van der Waals surface area contributed by atoms with Crippen LogP contribution in [0.5, 0.6) is 11.6 Å². The molecule has 1 atom stereocenters. The van der Waals surface area contributed by atoms with Crippen LogP contribution >= 0.6 is 11.3 Å². The molecule has 3 aromatic rings. The summed E-state index contributed by atoms with van der Waals surface area (Å²) in [6, 6.07) is 8.10. The first-order valence-corrected chi connectivity index (χ1v) is 9.42. The zero-order chi connectivity index (χ0) is 17.4. The van der Waals surface area contributed by atoms with E-state index in [0.29, 0.717) is 5.82 Å². The van der Waals surface area contributed by atoms with Crippen LogP contribution in [0.15, 0.2) is 24.3 Å². The number of hydrogen-bond donors (Lipinski definition) is 1. The maximum Gasteiger partial charge on any atom is 0.230 e. The SMILES string of the molecule is COc1cccc([C@H](c2sc3nc(C)nn3c2O)N2CCCCC2)c1. The van der Waals surface area contributed by atoms with Crippen molar-refractivity contribution in [2.45, 2.75) is 32.2 Å². The lowest BCUT2D eigenvalue weighted by Crippen LogP contribution is -2.34. The van der Waals surface area contributed by atoms with E-state index in [-0.39, 0.29) is 11.9 Å². The van der Waals surface area contributed by atoms with Crippen LogP contribution in [0.4, 0.5) is 0 Å². The summed E-state index contributed by atoms with van der Waals surface area (Å²) in [4.78, 5) is 8.48. The number of rotatable bonds is 4. The Balaban J connectivity index is 1.83. The topological polar surface area (TPSA) is 62.9 Å². The molecule has 4 rings (SSSR count). The highest BCUT2D eigenvalue weighted by atomic mass is 32.1. The van der Waals surface area contributed by atoms with Gasteiger partial charge in [0.2, 0.25) is 10.8 Å². The van der Waals surface area contributed by atoms with Crippen molar-refractivity contribution in [1.82, 2.24) is 19.5 Å². The van der Waals surface area contributed by atoms with Gasteiger partial charge >= 0.3 is 0 Å². The number of benzene rings is 1. The molecular weight excluding hydrogens is 336 g/mol. The molecule has 1 fully saturated rings. The van der Waals surface area contributed by atoms with Crippen molar-refractivity contribution in [2.24, 2.45) is 0 Å². The predicted octanol–water partition coefficient (Wildman–Crippen LogP) is 3.39. The van der Waals surface area contributed by atoms with Crippen LogP contribution in [0.2, 0.25) is 0 Å². The lowest BCUT2D eigenvalue weighted by atomic mass is 10.00. The second-order valence-corrected chi connectivity index (χ2v) is 7.43. The fourth-order valence-corrected chi connectivity index (χ4v) is 4.71. The number of thiazole rings is 1. The van der Waals surface area contributed by atoms with Gasteiger partial charge in [0.1, 0.15) is 11.6 Å². The number of aryl methyl sites for hydroxylation is 1. The maximum absolute atomic E-state index is 10.8. The second kappa shape index (κ2) is 6.65. The van der Waals surface area contributed by atoms with Crippen LogP contribution in [0.3, 0.4) is 0 Å². The molecule has 0 unspecified atom stereocenters.